The van der Waals surface area contributed by atoms with Crippen molar-refractivity contribution in [1.29, 1.82) is 0 Å². The number of aliphatic hydroxyl groups is 1. The van der Waals surface area contributed by atoms with Gasteiger partial charge in [0.05, 0.1) is 18.3 Å². The second-order valence-corrected chi connectivity index (χ2v) is 11.2. The van der Waals surface area contributed by atoms with Crippen molar-refractivity contribution in [2.45, 2.75) is 91.7 Å². The third-order valence-electron chi connectivity index (χ3n) is 7.06. The average Bonchev–Trinajstić information content (AvgIpc) is 3.14. The van der Waals surface area contributed by atoms with Crippen LogP contribution in [-0.2, 0) is 19.0 Å². The average molecular weight is 545 g/mol. The molecule has 214 valence electrons. The molecule has 2 aliphatic heterocycles. The van der Waals surface area contributed by atoms with Gasteiger partial charge in [0.15, 0.2) is 5.79 Å². The van der Waals surface area contributed by atoms with Crippen molar-refractivity contribution in [2.24, 2.45) is 11.8 Å². The molecule has 0 radical (unpaired) electrons. The van der Waals surface area contributed by atoms with Crippen LogP contribution in [0.2, 0.25) is 0 Å². The Morgan fingerprint density at radius 1 is 1.15 bits per heavy atom. The van der Waals surface area contributed by atoms with E-state index in [9.17, 15) is 14.7 Å². The Morgan fingerprint density at radius 3 is 2.46 bits per heavy atom. The molecule has 0 aliphatic carbocycles. The van der Waals surface area contributed by atoms with Gasteiger partial charge in [-0.15, -0.1) is 0 Å². The predicted octanol–water partition coefficient (Wildman–Crippen LogP) is 4.77. The van der Waals surface area contributed by atoms with E-state index in [1.165, 1.54) is 6.08 Å². The minimum Gasteiger partial charge on any atom is -0.452 e. The molecule has 0 spiro atoms. The Morgan fingerprint density at radius 2 is 1.85 bits per heavy atom. The van der Waals surface area contributed by atoms with Crippen LogP contribution in [0.5, 0.6) is 5.75 Å². The quantitative estimate of drug-likeness (QED) is 0.242. The summed E-state index contributed by atoms with van der Waals surface area (Å²) in [6.45, 7) is 14.6. The highest BCUT2D eigenvalue weighted by molar-refractivity contribution is 6.70. The Labute approximate surface area is 231 Å². The Bertz CT molecular complexity index is 1120. The van der Waals surface area contributed by atoms with Crippen LogP contribution in [0.1, 0.15) is 77.7 Å². The molecule has 39 heavy (non-hydrogen) atoms. The Kier molecular flexibility index (Phi) is 9.67. The number of carbonyl (C=O) groups is 2. The number of cyclic esters (lactones) is 1. The van der Waals surface area contributed by atoms with E-state index >= 15 is 4.39 Å². The molecular weight excluding hydrogens is 504 g/mol. The molecule has 1 fully saturated rings. The highest BCUT2D eigenvalue weighted by Crippen LogP contribution is 2.39. The number of hydrogen-bond donors (Lipinski definition) is 1. The number of carbonyl (C=O) groups excluding carboxylic acids is 2. The van der Waals surface area contributed by atoms with Gasteiger partial charge in [-0.3, -0.25) is 0 Å². The van der Waals surface area contributed by atoms with Gasteiger partial charge in [0, 0.05) is 44.0 Å². The SMILES string of the molecule is CCN(BC=O)c1cc(/C=C/C[C@@H]2OC(C)(C)O[C@@H]2[C@H](C)/C(F)=C\[C@@H](C)[C@H](C)O)c2c(c1)OC(C)(C)OC2=O. The van der Waals surface area contributed by atoms with E-state index in [0.717, 1.165) is 11.9 Å². The summed E-state index contributed by atoms with van der Waals surface area (Å²) in [6.07, 6.45) is 4.63. The van der Waals surface area contributed by atoms with Crippen molar-refractivity contribution in [3.8, 4) is 5.75 Å². The minimum atomic E-state index is -1.13. The summed E-state index contributed by atoms with van der Waals surface area (Å²) in [7, 11) is 0.195. The predicted molar refractivity (Wildman–Crippen MR) is 150 cm³/mol. The zero-order valence-corrected chi connectivity index (χ0v) is 24.2. The molecule has 2 aliphatic rings. The normalized spacial score (nSPS) is 24.4. The standard InChI is InChI=1S/C29H41BFNO7/c1-9-32(30-16-33)21-14-20(25-24(15-21)37-29(7,8)39-27(25)35)11-10-12-23-26(38-28(5,6)36-23)18(3)22(31)13-17(2)19(4)34/h10-11,13-19,23,26,30,34H,9,12H2,1-8H3/b11-10+,22-13+/t17-,18-,19+,23+,26-/m1/s1. The van der Waals surface area contributed by atoms with Gasteiger partial charge >= 0.3 is 13.4 Å². The van der Waals surface area contributed by atoms with Gasteiger partial charge in [0.2, 0.25) is 5.79 Å². The van der Waals surface area contributed by atoms with Crippen LogP contribution in [0.15, 0.2) is 30.1 Å². The highest BCUT2D eigenvalue weighted by Gasteiger charge is 2.44. The van der Waals surface area contributed by atoms with Crippen LogP contribution in [0, 0.1) is 11.8 Å². The van der Waals surface area contributed by atoms with Gasteiger partial charge in [-0.25, -0.2) is 9.18 Å². The molecule has 3 rings (SSSR count). The topological polar surface area (TPSA) is 94.5 Å². The summed E-state index contributed by atoms with van der Waals surface area (Å²) in [5.74, 6) is -3.43. The number of anilines is 1. The van der Waals surface area contributed by atoms with Gasteiger partial charge < -0.3 is 33.7 Å². The summed E-state index contributed by atoms with van der Waals surface area (Å²) in [5.41, 5.74) is 1.61. The summed E-state index contributed by atoms with van der Waals surface area (Å²) in [4.78, 5) is 26.1. The van der Waals surface area contributed by atoms with Gasteiger partial charge in [-0.05, 0) is 51.8 Å². The van der Waals surface area contributed by atoms with Crippen molar-refractivity contribution in [1.82, 2.24) is 0 Å². The zero-order valence-electron chi connectivity index (χ0n) is 24.2. The number of esters is 1. The third kappa shape index (κ3) is 7.50. The van der Waals surface area contributed by atoms with E-state index in [4.69, 9.17) is 18.9 Å². The monoisotopic (exact) mass is 545 g/mol. The van der Waals surface area contributed by atoms with Crippen molar-refractivity contribution < 1.29 is 38.0 Å². The highest BCUT2D eigenvalue weighted by atomic mass is 19.1. The van der Waals surface area contributed by atoms with Crippen molar-refractivity contribution in [2.75, 3.05) is 11.4 Å². The van der Waals surface area contributed by atoms with Gasteiger partial charge in [0.1, 0.15) is 23.3 Å². The fourth-order valence-electron chi connectivity index (χ4n) is 4.80. The summed E-state index contributed by atoms with van der Waals surface area (Å²) in [6, 6.07) is 3.57. The maximum Gasteiger partial charge on any atom is 0.345 e. The number of ether oxygens (including phenoxy) is 4. The number of rotatable bonds is 11. The lowest BCUT2D eigenvalue weighted by Gasteiger charge is -2.33. The van der Waals surface area contributed by atoms with Crippen LogP contribution in [-0.4, -0.2) is 61.1 Å². The first-order chi connectivity index (χ1) is 18.2. The van der Waals surface area contributed by atoms with E-state index in [-0.39, 0.29) is 19.2 Å². The van der Waals surface area contributed by atoms with Gasteiger partial charge in [0.25, 0.3) is 0 Å². The molecule has 1 aromatic rings. The van der Waals surface area contributed by atoms with E-state index in [0.29, 0.717) is 29.8 Å². The largest absolute Gasteiger partial charge is 0.452 e. The van der Waals surface area contributed by atoms with Gasteiger partial charge in [-0.2, -0.15) is 0 Å². The molecule has 1 aromatic carbocycles. The molecule has 10 heteroatoms. The lowest BCUT2D eigenvalue weighted by atomic mass is 9.91. The van der Waals surface area contributed by atoms with Crippen LogP contribution >= 0.6 is 0 Å². The number of fused-ring (bicyclic) bond motifs is 1. The number of aliphatic hydroxyl groups excluding tert-OH is 1. The summed E-state index contributed by atoms with van der Waals surface area (Å²) in [5, 5.41) is 9.77. The molecule has 0 amide bonds. The smallest absolute Gasteiger partial charge is 0.345 e. The van der Waals surface area contributed by atoms with Crippen LogP contribution in [0.4, 0.5) is 10.1 Å². The maximum atomic E-state index is 15.1. The molecule has 1 saturated heterocycles. The lowest BCUT2D eigenvalue weighted by molar-refractivity contribution is -0.149. The fraction of sp³-hybridized carbons (Fsp3) is 0.586. The number of hydrogen-bond acceptors (Lipinski definition) is 8. The van der Waals surface area contributed by atoms with Crippen molar-refractivity contribution >= 4 is 31.3 Å². The van der Waals surface area contributed by atoms with Crippen LogP contribution in [0.25, 0.3) is 6.08 Å². The minimum absolute atomic E-state index is 0.195. The molecule has 0 unspecified atom stereocenters. The first kappa shape index (κ1) is 30.9. The molecule has 0 aromatic heterocycles. The second-order valence-electron chi connectivity index (χ2n) is 11.2. The fourth-order valence-corrected chi connectivity index (χ4v) is 4.80. The van der Waals surface area contributed by atoms with Crippen LogP contribution in [0.3, 0.4) is 0 Å². The first-order valence-electron chi connectivity index (χ1n) is 13.5. The van der Waals surface area contributed by atoms with E-state index in [1.54, 1.807) is 60.6 Å². The number of benzene rings is 1. The van der Waals surface area contributed by atoms with E-state index < -0.39 is 41.8 Å². The molecule has 0 saturated carbocycles. The molecular formula is C29H41BFNO7. The van der Waals surface area contributed by atoms with Crippen molar-refractivity contribution in [3.05, 3.63) is 41.2 Å². The maximum absolute atomic E-state index is 15.1. The molecule has 5 atom stereocenters. The second kappa shape index (κ2) is 12.2. The molecule has 1 N–H and O–H groups in total. The Hall–Kier alpha value is -2.69. The Balaban J connectivity index is 1.91. The molecule has 2 heterocycles. The number of nitrogens with zero attached hydrogens (tertiary/aromatic N) is 1. The lowest BCUT2D eigenvalue weighted by Crippen LogP contribution is -2.39. The van der Waals surface area contributed by atoms with E-state index in [2.05, 4.69) is 0 Å². The van der Waals surface area contributed by atoms with Crippen LogP contribution < -0.4 is 9.55 Å². The van der Waals surface area contributed by atoms with Crippen molar-refractivity contribution in [3.63, 3.8) is 0 Å². The summed E-state index contributed by atoms with van der Waals surface area (Å²) < 4.78 is 38.7. The number of halogens is 1. The summed E-state index contributed by atoms with van der Waals surface area (Å²) >= 11 is 0. The third-order valence-corrected chi connectivity index (χ3v) is 7.06. The molecule has 8 nitrogen and oxygen atoms in total. The zero-order chi connectivity index (χ0) is 29.1. The van der Waals surface area contributed by atoms with Gasteiger partial charge in [-0.1, -0.05) is 26.0 Å². The molecule has 0 bridgehead atoms. The first-order valence-corrected chi connectivity index (χ1v) is 13.5. The van der Waals surface area contributed by atoms with E-state index in [1.807, 2.05) is 23.9 Å².